The highest BCUT2D eigenvalue weighted by Gasteiger charge is 2.20. The molecular weight excluding hydrogens is 204 g/mol. The zero-order valence-electron chi connectivity index (χ0n) is 6.21. The molecule has 2 unspecified atom stereocenters. The Labute approximate surface area is 73.8 Å². The minimum Gasteiger partial charge on any atom is -0.278 e. The van der Waals surface area contributed by atoms with E-state index in [2.05, 4.69) is 45.2 Å². The number of halogens is 1. The number of nitrogens with zero attached hydrogens (tertiary/aromatic N) is 1. The Balaban J connectivity index is 2.48. The zero-order chi connectivity index (χ0) is 7.84. The second-order valence-corrected chi connectivity index (χ2v) is 3.89. The van der Waals surface area contributed by atoms with E-state index in [1.807, 2.05) is 6.20 Å². The average Bonchev–Trinajstić information content (AvgIpc) is 2.45. The van der Waals surface area contributed by atoms with Crippen molar-refractivity contribution in [2.45, 2.75) is 17.7 Å². The Kier molecular flexibility index (Phi) is 1.60. The molecule has 1 N–H and O–H groups in total. The highest BCUT2D eigenvalue weighted by atomic mass is 79.9. The van der Waals surface area contributed by atoms with Crippen molar-refractivity contribution in [1.29, 1.82) is 0 Å². The van der Waals surface area contributed by atoms with Gasteiger partial charge < -0.3 is 0 Å². The predicted molar refractivity (Wildman–Crippen MR) is 48.8 cm³/mol. The van der Waals surface area contributed by atoms with E-state index < -0.39 is 0 Å². The van der Waals surface area contributed by atoms with Crippen LogP contribution < -0.4 is 0 Å². The van der Waals surface area contributed by atoms with Crippen molar-refractivity contribution >= 4 is 22.0 Å². The topological polar surface area (TPSA) is 28.7 Å². The molecule has 1 aromatic heterocycles. The van der Waals surface area contributed by atoms with Gasteiger partial charge in [-0.25, -0.2) is 0 Å². The Morgan fingerprint density at radius 1 is 1.64 bits per heavy atom. The largest absolute Gasteiger partial charge is 0.278 e. The lowest BCUT2D eigenvalue weighted by Gasteiger charge is -2.18. The third-order valence-corrected chi connectivity index (χ3v) is 3.21. The molecule has 1 aliphatic rings. The number of alkyl halides is 1. The van der Waals surface area contributed by atoms with E-state index in [0.717, 1.165) is 5.69 Å². The lowest BCUT2D eigenvalue weighted by molar-refractivity contribution is 0.797. The quantitative estimate of drug-likeness (QED) is 0.658. The Morgan fingerprint density at radius 2 is 2.45 bits per heavy atom. The molecule has 0 saturated heterocycles. The van der Waals surface area contributed by atoms with Gasteiger partial charge in [0.2, 0.25) is 0 Å². The molecule has 0 fully saturated rings. The number of allylic oxidation sites excluding steroid dienone is 1. The molecular formula is C8H9BrN2. The molecule has 58 valence electrons. The van der Waals surface area contributed by atoms with Gasteiger partial charge in [-0.2, -0.15) is 5.10 Å². The van der Waals surface area contributed by atoms with E-state index in [0.29, 0.717) is 10.7 Å². The standard InChI is InChI=1S/C8H9BrN2/c1-5-6-4-10-11-8(6)3-2-7(5)9/h2-5,7H,1H3,(H,10,11). The van der Waals surface area contributed by atoms with Gasteiger partial charge >= 0.3 is 0 Å². The fraction of sp³-hybridized carbons (Fsp3) is 0.375. The van der Waals surface area contributed by atoms with Gasteiger partial charge in [-0.15, -0.1) is 0 Å². The molecule has 2 rings (SSSR count). The lowest BCUT2D eigenvalue weighted by Crippen LogP contribution is -2.09. The van der Waals surface area contributed by atoms with E-state index in [4.69, 9.17) is 0 Å². The minimum absolute atomic E-state index is 0.451. The molecule has 2 atom stereocenters. The molecule has 0 radical (unpaired) electrons. The summed E-state index contributed by atoms with van der Waals surface area (Å²) in [5.41, 5.74) is 2.45. The molecule has 0 bridgehead atoms. The molecule has 1 heterocycles. The summed E-state index contributed by atoms with van der Waals surface area (Å²) in [7, 11) is 0. The first-order valence-corrected chi connectivity index (χ1v) is 4.56. The van der Waals surface area contributed by atoms with E-state index in [9.17, 15) is 0 Å². The van der Waals surface area contributed by atoms with Crippen LogP contribution in [-0.4, -0.2) is 15.0 Å². The molecule has 0 aromatic carbocycles. The Morgan fingerprint density at radius 3 is 3.27 bits per heavy atom. The number of aromatic amines is 1. The molecule has 0 amide bonds. The normalized spacial score (nSPS) is 28.5. The summed E-state index contributed by atoms with van der Waals surface area (Å²) in [5, 5.41) is 6.94. The van der Waals surface area contributed by atoms with Crippen molar-refractivity contribution in [3.63, 3.8) is 0 Å². The van der Waals surface area contributed by atoms with Crippen molar-refractivity contribution in [1.82, 2.24) is 10.2 Å². The molecule has 1 aliphatic carbocycles. The first kappa shape index (κ1) is 7.10. The van der Waals surface area contributed by atoms with E-state index in [1.165, 1.54) is 5.56 Å². The number of hydrogen-bond donors (Lipinski definition) is 1. The van der Waals surface area contributed by atoms with Gasteiger partial charge in [-0.1, -0.05) is 28.9 Å². The third-order valence-electron chi connectivity index (χ3n) is 2.11. The number of H-pyrrole nitrogens is 1. The van der Waals surface area contributed by atoms with Crippen molar-refractivity contribution in [3.05, 3.63) is 23.5 Å². The van der Waals surface area contributed by atoms with Gasteiger partial charge in [0.1, 0.15) is 0 Å². The summed E-state index contributed by atoms with van der Waals surface area (Å²) < 4.78 is 0. The van der Waals surface area contributed by atoms with Crippen molar-refractivity contribution in [3.8, 4) is 0 Å². The Bertz CT molecular complexity index is 290. The van der Waals surface area contributed by atoms with Crippen molar-refractivity contribution < 1.29 is 0 Å². The monoisotopic (exact) mass is 212 g/mol. The molecule has 0 aliphatic heterocycles. The highest BCUT2D eigenvalue weighted by Crippen LogP contribution is 2.31. The van der Waals surface area contributed by atoms with Gasteiger partial charge in [0.25, 0.3) is 0 Å². The van der Waals surface area contributed by atoms with Gasteiger partial charge in [0.15, 0.2) is 0 Å². The molecule has 11 heavy (non-hydrogen) atoms. The summed E-state index contributed by atoms with van der Waals surface area (Å²) in [6, 6.07) is 0. The highest BCUT2D eigenvalue weighted by molar-refractivity contribution is 9.09. The number of hydrogen-bond acceptors (Lipinski definition) is 1. The van der Waals surface area contributed by atoms with Gasteiger partial charge in [0.05, 0.1) is 11.9 Å². The summed E-state index contributed by atoms with van der Waals surface area (Å²) in [5.74, 6) is 0.522. The van der Waals surface area contributed by atoms with E-state index >= 15 is 0 Å². The maximum absolute atomic E-state index is 3.99. The summed E-state index contributed by atoms with van der Waals surface area (Å²) in [6.07, 6.45) is 6.12. The van der Waals surface area contributed by atoms with Gasteiger partial charge in [-0.05, 0) is 6.08 Å². The zero-order valence-corrected chi connectivity index (χ0v) is 7.80. The van der Waals surface area contributed by atoms with Crippen LogP contribution in [0.25, 0.3) is 6.08 Å². The molecule has 2 nitrogen and oxygen atoms in total. The van der Waals surface area contributed by atoms with Crippen LogP contribution in [0.4, 0.5) is 0 Å². The maximum Gasteiger partial charge on any atom is 0.0610 e. The SMILES string of the molecule is CC1c2cn[nH]c2C=CC1Br. The van der Waals surface area contributed by atoms with Crippen molar-refractivity contribution in [2.75, 3.05) is 0 Å². The van der Waals surface area contributed by atoms with E-state index in [1.54, 1.807) is 0 Å². The lowest BCUT2D eigenvalue weighted by atomic mass is 9.94. The van der Waals surface area contributed by atoms with Crippen LogP contribution in [-0.2, 0) is 0 Å². The van der Waals surface area contributed by atoms with Gasteiger partial charge in [-0.3, -0.25) is 5.10 Å². The van der Waals surface area contributed by atoms with Crippen LogP contribution in [0, 0.1) is 0 Å². The summed E-state index contributed by atoms with van der Waals surface area (Å²) in [6.45, 7) is 2.19. The Hall–Kier alpha value is -0.570. The second-order valence-electron chi connectivity index (χ2n) is 2.83. The van der Waals surface area contributed by atoms with Crippen LogP contribution in [0.5, 0.6) is 0 Å². The summed E-state index contributed by atoms with van der Waals surface area (Å²) in [4.78, 5) is 0.451. The predicted octanol–water partition coefficient (Wildman–Crippen LogP) is 2.30. The van der Waals surface area contributed by atoms with Crippen LogP contribution >= 0.6 is 15.9 Å². The fourth-order valence-corrected chi connectivity index (χ4v) is 1.77. The first-order chi connectivity index (χ1) is 5.29. The minimum atomic E-state index is 0.451. The van der Waals surface area contributed by atoms with Crippen LogP contribution in [0.2, 0.25) is 0 Å². The van der Waals surface area contributed by atoms with E-state index in [-0.39, 0.29) is 0 Å². The number of fused-ring (bicyclic) bond motifs is 1. The van der Waals surface area contributed by atoms with Crippen molar-refractivity contribution in [2.24, 2.45) is 0 Å². The van der Waals surface area contributed by atoms with Crippen LogP contribution in [0.15, 0.2) is 12.3 Å². The van der Waals surface area contributed by atoms with Crippen LogP contribution in [0.1, 0.15) is 24.1 Å². The number of aromatic nitrogens is 2. The molecule has 0 saturated carbocycles. The average molecular weight is 213 g/mol. The molecule has 0 spiro atoms. The summed E-state index contributed by atoms with van der Waals surface area (Å²) >= 11 is 3.58. The smallest absolute Gasteiger partial charge is 0.0610 e. The number of rotatable bonds is 0. The fourth-order valence-electron chi connectivity index (χ4n) is 1.33. The maximum atomic E-state index is 3.99. The van der Waals surface area contributed by atoms with Crippen LogP contribution in [0.3, 0.4) is 0 Å². The number of nitrogens with one attached hydrogen (secondary N) is 1. The molecule has 1 aromatic rings. The first-order valence-electron chi connectivity index (χ1n) is 3.64. The second kappa shape index (κ2) is 2.48. The third kappa shape index (κ3) is 1.03. The van der Waals surface area contributed by atoms with Gasteiger partial charge in [0, 0.05) is 16.3 Å². The molecule has 3 heteroatoms.